The van der Waals surface area contributed by atoms with Crippen molar-refractivity contribution < 1.29 is 13.6 Å². The minimum absolute atomic E-state index is 0.108. The van der Waals surface area contributed by atoms with Crippen LogP contribution in [-0.4, -0.2) is 37.0 Å². The lowest BCUT2D eigenvalue weighted by Crippen LogP contribution is -2.70. The van der Waals surface area contributed by atoms with Gasteiger partial charge in [0.2, 0.25) is 17.7 Å². The van der Waals surface area contributed by atoms with E-state index in [-0.39, 0.29) is 12.1 Å². The largest absolute Gasteiger partial charge is 0.423 e. The topological polar surface area (TPSA) is 89.1 Å². The lowest BCUT2D eigenvalue weighted by molar-refractivity contribution is -0.110. The van der Waals surface area contributed by atoms with Gasteiger partial charge in [-0.15, -0.1) is 10.2 Å². The molecule has 2 aliphatic rings. The molecule has 3 heterocycles. The molecule has 2 unspecified atom stereocenters. The fourth-order valence-electron chi connectivity index (χ4n) is 4.83. The molecule has 3 atom stereocenters. The van der Waals surface area contributed by atoms with Crippen LogP contribution in [0.3, 0.4) is 0 Å². The molecular weight excluding hydrogens is 411 g/mol. The maximum Gasteiger partial charge on any atom is 0.323 e. The number of amides is 2. The van der Waals surface area contributed by atoms with Gasteiger partial charge in [-0.05, 0) is 37.0 Å². The van der Waals surface area contributed by atoms with Gasteiger partial charge in [0.25, 0.3) is 0 Å². The van der Waals surface area contributed by atoms with E-state index < -0.39 is 11.5 Å². The van der Waals surface area contributed by atoms with Crippen molar-refractivity contribution in [1.29, 1.82) is 0 Å². The normalized spacial score (nSPS) is 25.1. The predicted octanol–water partition coefficient (Wildman–Crippen LogP) is 4.29. The monoisotopic (exact) mass is 430 g/mol. The molecule has 0 radical (unpaired) electrons. The molecule has 3 aromatic rings. The van der Waals surface area contributed by atoms with Gasteiger partial charge in [0, 0.05) is 31.1 Å². The van der Waals surface area contributed by atoms with Crippen molar-refractivity contribution in [3.8, 4) is 5.69 Å². The summed E-state index contributed by atoms with van der Waals surface area (Å²) in [6, 6.07) is 5.95. The zero-order valence-electron chi connectivity index (χ0n) is 16.5. The Morgan fingerprint density at radius 2 is 2.17 bits per heavy atom. The number of hydrogen-bond donors (Lipinski definition) is 1. The smallest absolute Gasteiger partial charge is 0.323 e. The van der Waals surface area contributed by atoms with Crippen LogP contribution in [0.4, 0.5) is 14.9 Å². The summed E-state index contributed by atoms with van der Waals surface area (Å²) in [7, 11) is 0. The minimum atomic E-state index is -0.586. The summed E-state index contributed by atoms with van der Waals surface area (Å²) < 4.78 is 20.8. The number of fused-ring (bicyclic) bond motifs is 2. The molecule has 1 aliphatic carbocycles. The summed E-state index contributed by atoms with van der Waals surface area (Å²) in [6.07, 6.45) is 3.84. The van der Waals surface area contributed by atoms with Crippen LogP contribution < -0.4 is 5.32 Å². The fourth-order valence-corrected chi connectivity index (χ4v) is 5.03. The second-order valence-electron chi connectivity index (χ2n) is 8.09. The molecule has 8 nitrogen and oxygen atoms in total. The summed E-state index contributed by atoms with van der Waals surface area (Å²) in [6.45, 7) is 3.91. The maximum absolute atomic E-state index is 14.0. The van der Waals surface area contributed by atoms with Crippen LogP contribution >= 0.6 is 11.6 Å². The maximum atomic E-state index is 14.0. The van der Waals surface area contributed by atoms with Gasteiger partial charge in [-0.3, -0.25) is 0 Å². The Bertz CT molecular complexity index is 1130. The van der Waals surface area contributed by atoms with E-state index in [0.717, 1.165) is 23.9 Å². The Kier molecular flexibility index (Phi) is 4.32. The Balaban J connectivity index is 1.44. The van der Waals surface area contributed by atoms with E-state index in [1.165, 1.54) is 12.3 Å². The number of nitrogens with one attached hydrogen (secondary N) is 1. The van der Waals surface area contributed by atoms with Crippen molar-refractivity contribution in [1.82, 2.24) is 24.9 Å². The highest BCUT2D eigenvalue weighted by molar-refractivity contribution is 6.32. The molecule has 5 rings (SSSR count). The first-order valence-electron chi connectivity index (χ1n) is 9.78. The molecule has 1 saturated carbocycles. The van der Waals surface area contributed by atoms with Gasteiger partial charge in [0.15, 0.2) is 0 Å². The zero-order valence-corrected chi connectivity index (χ0v) is 17.2. The number of rotatable bonds is 3. The highest BCUT2D eigenvalue weighted by atomic mass is 35.5. The third-order valence-electron chi connectivity index (χ3n) is 5.93. The van der Waals surface area contributed by atoms with Crippen LogP contribution in [0.1, 0.15) is 38.0 Å². The number of carbonyl (C=O) groups excluding carboxylic acids is 1. The fraction of sp³-hybridized carbons (Fsp3) is 0.400. The van der Waals surface area contributed by atoms with Crippen molar-refractivity contribution in [2.24, 2.45) is 5.92 Å². The Morgan fingerprint density at radius 3 is 2.87 bits per heavy atom. The SMILES string of the molecule is Cc1nnc(C23CC(C[C@@H](C)C2)N3C(=O)Nc2ccc(Cl)c(-n3nccc3F)c2)o1. The molecule has 1 aromatic carbocycles. The van der Waals surface area contributed by atoms with Gasteiger partial charge in [-0.1, -0.05) is 18.5 Å². The first-order valence-corrected chi connectivity index (χ1v) is 10.2. The number of anilines is 1. The van der Waals surface area contributed by atoms with Crippen molar-refractivity contribution in [2.75, 3.05) is 5.32 Å². The van der Waals surface area contributed by atoms with E-state index in [1.54, 1.807) is 25.1 Å². The first-order chi connectivity index (χ1) is 14.4. The number of piperidine rings is 1. The molecule has 30 heavy (non-hydrogen) atoms. The van der Waals surface area contributed by atoms with Gasteiger partial charge < -0.3 is 14.6 Å². The number of urea groups is 1. The van der Waals surface area contributed by atoms with Crippen LogP contribution in [-0.2, 0) is 5.54 Å². The van der Waals surface area contributed by atoms with Gasteiger partial charge in [0.1, 0.15) is 5.54 Å². The van der Waals surface area contributed by atoms with E-state index in [4.69, 9.17) is 16.0 Å². The van der Waals surface area contributed by atoms with E-state index in [1.807, 2.05) is 4.90 Å². The summed E-state index contributed by atoms with van der Waals surface area (Å²) in [5.41, 5.74) is 0.248. The Labute approximate surface area is 177 Å². The van der Waals surface area contributed by atoms with E-state index >= 15 is 0 Å². The number of aryl methyl sites for hydroxylation is 1. The van der Waals surface area contributed by atoms with Crippen LogP contribution in [0.15, 0.2) is 34.9 Å². The average Bonchev–Trinajstić information content (AvgIpc) is 3.31. The third-order valence-corrected chi connectivity index (χ3v) is 6.24. The molecule has 2 fully saturated rings. The van der Waals surface area contributed by atoms with Gasteiger partial charge in [0.05, 0.1) is 16.9 Å². The number of aromatic nitrogens is 4. The first kappa shape index (κ1) is 19.0. The second-order valence-corrected chi connectivity index (χ2v) is 8.50. The number of benzene rings is 1. The predicted molar refractivity (Wildman–Crippen MR) is 107 cm³/mol. The van der Waals surface area contributed by atoms with E-state index in [0.29, 0.717) is 34.1 Å². The third kappa shape index (κ3) is 2.87. The molecule has 1 aliphatic heterocycles. The van der Waals surface area contributed by atoms with Crippen molar-refractivity contribution >= 4 is 23.3 Å². The van der Waals surface area contributed by atoms with Crippen LogP contribution in [0, 0.1) is 18.8 Å². The minimum Gasteiger partial charge on any atom is -0.423 e. The summed E-state index contributed by atoms with van der Waals surface area (Å²) >= 11 is 6.22. The Morgan fingerprint density at radius 1 is 1.33 bits per heavy atom. The standard InChI is InChI=1S/C20H20ClFN6O2/c1-11-7-14-10-20(9-11,18-26-25-12(2)30-18)27(14)19(29)24-13-3-4-15(21)16(8-13)28-17(22)5-6-23-28/h3-6,8,11,14H,7,9-10H2,1-2H3,(H,24,29)/t11-,14?,20?/m1/s1. The summed E-state index contributed by atoms with van der Waals surface area (Å²) in [4.78, 5) is 15.1. The molecule has 2 amide bonds. The van der Waals surface area contributed by atoms with E-state index in [9.17, 15) is 9.18 Å². The van der Waals surface area contributed by atoms with Crippen molar-refractivity contribution in [3.63, 3.8) is 0 Å². The van der Waals surface area contributed by atoms with Crippen molar-refractivity contribution in [2.45, 2.75) is 44.7 Å². The quantitative estimate of drug-likeness (QED) is 0.669. The lowest BCUT2D eigenvalue weighted by Gasteiger charge is -2.61. The van der Waals surface area contributed by atoms with Crippen LogP contribution in [0.2, 0.25) is 5.02 Å². The number of halogens is 2. The zero-order chi connectivity index (χ0) is 21.0. The molecule has 2 bridgehead atoms. The highest BCUT2D eigenvalue weighted by Crippen LogP contribution is 2.55. The summed E-state index contributed by atoms with van der Waals surface area (Å²) in [5, 5.41) is 15.3. The van der Waals surface area contributed by atoms with Gasteiger partial charge in [-0.2, -0.15) is 9.49 Å². The van der Waals surface area contributed by atoms with Crippen molar-refractivity contribution in [3.05, 3.63) is 53.2 Å². The molecule has 10 heteroatoms. The molecule has 1 N–H and O–H groups in total. The molecule has 1 saturated heterocycles. The summed E-state index contributed by atoms with van der Waals surface area (Å²) in [5.74, 6) is 0.862. The van der Waals surface area contributed by atoms with Crippen LogP contribution in [0.25, 0.3) is 5.69 Å². The van der Waals surface area contributed by atoms with Gasteiger partial charge in [-0.25, -0.2) is 9.48 Å². The van der Waals surface area contributed by atoms with Gasteiger partial charge >= 0.3 is 6.03 Å². The number of likely N-dealkylation sites (tertiary alicyclic amines) is 1. The average molecular weight is 431 g/mol. The van der Waals surface area contributed by atoms with Crippen LogP contribution in [0.5, 0.6) is 0 Å². The Hall–Kier alpha value is -2.94. The number of carbonyl (C=O) groups is 1. The number of nitrogens with zero attached hydrogens (tertiary/aromatic N) is 5. The second kappa shape index (κ2) is 6.80. The van der Waals surface area contributed by atoms with E-state index in [2.05, 4.69) is 27.5 Å². The number of hydrogen-bond acceptors (Lipinski definition) is 5. The highest BCUT2D eigenvalue weighted by Gasteiger charge is 2.62. The lowest BCUT2D eigenvalue weighted by atomic mass is 9.64. The molecule has 2 aromatic heterocycles. The molecule has 156 valence electrons. The molecular formula is C20H20ClFN6O2. The molecule has 0 spiro atoms.